The SMILES string of the molecule is COc1ccc2ncc(=O)n3c2c1C[C@@H]3CN1CCC(NCc2cc3c(nn2)OCCO3)CC1. The first-order valence-corrected chi connectivity index (χ1v) is 11.8. The van der Waals surface area contributed by atoms with E-state index in [9.17, 15) is 4.79 Å². The van der Waals surface area contributed by atoms with E-state index in [1.165, 1.54) is 6.20 Å². The molecule has 178 valence electrons. The van der Waals surface area contributed by atoms with E-state index in [0.717, 1.165) is 66.9 Å². The Balaban J connectivity index is 1.07. The van der Waals surface area contributed by atoms with Crippen LogP contribution in [0.3, 0.4) is 0 Å². The van der Waals surface area contributed by atoms with Gasteiger partial charge < -0.3 is 29.0 Å². The molecular weight excluding hydrogens is 436 g/mol. The first-order valence-electron chi connectivity index (χ1n) is 11.8. The predicted molar refractivity (Wildman–Crippen MR) is 125 cm³/mol. The lowest BCUT2D eigenvalue weighted by molar-refractivity contribution is 0.161. The minimum atomic E-state index is -0.0402. The van der Waals surface area contributed by atoms with E-state index in [1.54, 1.807) is 7.11 Å². The summed E-state index contributed by atoms with van der Waals surface area (Å²) in [5.41, 5.74) is 3.68. The van der Waals surface area contributed by atoms with E-state index in [1.807, 2.05) is 22.8 Å². The van der Waals surface area contributed by atoms with Crippen molar-refractivity contribution < 1.29 is 14.2 Å². The molecule has 0 amide bonds. The number of rotatable bonds is 6. The molecule has 5 heterocycles. The molecule has 1 fully saturated rings. The lowest BCUT2D eigenvalue weighted by atomic mass is 10.0. The molecule has 0 aliphatic carbocycles. The molecule has 0 unspecified atom stereocenters. The van der Waals surface area contributed by atoms with Gasteiger partial charge in [0.15, 0.2) is 5.75 Å². The molecule has 0 spiro atoms. The lowest BCUT2D eigenvalue weighted by Crippen LogP contribution is -2.44. The minimum absolute atomic E-state index is 0.0402. The number of piperidine rings is 1. The molecule has 0 radical (unpaired) electrons. The lowest BCUT2D eigenvalue weighted by Gasteiger charge is -2.34. The Hall–Kier alpha value is -3.24. The van der Waals surface area contributed by atoms with Crippen LogP contribution in [0.5, 0.6) is 17.4 Å². The van der Waals surface area contributed by atoms with Gasteiger partial charge in [-0.2, -0.15) is 5.10 Å². The fourth-order valence-electron chi connectivity index (χ4n) is 5.35. The van der Waals surface area contributed by atoms with Gasteiger partial charge in [0.25, 0.3) is 11.4 Å². The number of hydrogen-bond acceptors (Lipinski definition) is 9. The van der Waals surface area contributed by atoms with E-state index in [-0.39, 0.29) is 11.6 Å². The van der Waals surface area contributed by atoms with Gasteiger partial charge in [-0.1, -0.05) is 0 Å². The molecule has 1 saturated heterocycles. The third kappa shape index (κ3) is 3.86. The fourth-order valence-corrected chi connectivity index (χ4v) is 5.35. The maximum absolute atomic E-state index is 12.7. The Bertz CT molecular complexity index is 1270. The summed E-state index contributed by atoms with van der Waals surface area (Å²) in [6, 6.07) is 6.30. The van der Waals surface area contributed by atoms with Crippen LogP contribution in [-0.2, 0) is 13.0 Å². The first kappa shape index (κ1) is 21.3. The zero-order valence-electron chi connectivity index (χ0n) is 19.2. The molecule has 10 heteroatoms. The van der Waals surface area contributed by atoms with Crippen LogP contribution in [0.1, 0.15) is 30.1 Å². The van der Waals surface area contributed by atoms with Crippen molar-refractivity contribution in [1.29, 1.82) is 0 Å². The van der Waals surface area contributed by atoms with Gasteiger partial charge in [-0.3, -0.25) is 4.79 Å². The number of methoxy groups -OCH3 is 1. The highest BCUT2D eigenvalue weighted by Crippen LogP contribution is 2.36. The average Bonchev–Trinajstić information content (AvgIpc) is 3.26. The summed E-state index contributed by atoms with van der Waals surface area (Å²) in [6.45, 7) is 4.52. The van der Waals surface area contributed by atoms with E-state index < -0.39 is 0 Å². The topological polar surface area (TPSA) is 104 Å². The van der Waals surface area contributed by atoms with Crippen LogP contribution < -0.4 is 25.1 Å². The van der Waals surface area contributed by atoms with Gasteiger partial charge in [0, 0.05) is 37.2 Å². The number of nitrogens with one attached hydrogen (secondary N) is 1. The highest BCUT2D eigenvalue weighted by molar-refractivity contribution is 5.82. The van der Waals surface area contributed by atoms with Gasteiger partial charge in [0.05, 0.1) is 36.1 Å². The molecule has 6 rings (SSSR count). The number of aromatic nitrogens is 4. The Labute approximate surface area is 196 Å². The van der Waals surface area contributed by atoms with Crippen LogP contribution in [0.2, 0.25) is 0 Å². The van der Waals surface area contributed by atoms with Crippen LogP contribution in [-0.4, -0.2) is 70.6 Å². The Morgan fingerprint density at radius 3 is 2.88 bits per heavy atom. The van der Waals surface area contributed by atoms with Crippen LogP contribution in [0.15, 0.2) is 29.2 Å². The van der Waals surface area contributed by atoms with Gasteiger partial charge >= 0.3 is 0 Å². The van der Waals surface area contributed by atoms with Crippen molar-refractivity contribution in [1.82, 2.24) is 30.0 Å². The normalized spacial score (nSPS) is 20.1. The van der Waals surface area contributed by atoms with Crippen molar-refractivity contribution in [3.05, 3.63) is 46.0 Å². The summed E-state index contributed by atoms with van der Waals surface area (Å²) >= 11 is 0. The number of fused-ring (bicyclic) bond motifs is 1. The number of ether oxygens (including phenoxy) is 3. The largest absolute Gasteiger partial charge is 0.496 e. The minimum Gasteiger partial charge on any atom is -0.496 e. The van der Waals surface area contributed by atoms with E-state index >= 15 is 0 Å². The van der Waals surface area contributed by atoms with E-state index in [4.69, 9.17) is 14.2 Å². The summed E-state index contributed by atoms with van der Waals surface area (Å²) in [4.78, 5) is 19.5. The molecule has 3 aliphatic rings. The summed E-state index contributed by atoms with van der Waals surface area (Å²) in [7, 11) is 1.68. The van der Waals surface area contributed by atoms with Crippen LogP contribution in [0, 0.1) is 0 Å². The van der Waals surface area contributed by atoms with Gasteiger partial charge in [-0.15, -0.1) is 5.10 Å². The van der Waals surface area contributed by atoms with Crippen molar-refractivity contribution in [3.63, 3.8) is 0 Å². The summed E-state index contributed by atoms with van der Waals surface area (Å²) in [5.74, 6) is 1.98. The Morgan fingerprint density at radius 1 is 1.18 bits per heavy atom. The molecule has 1 N–H and O–H groups in total. The second-order valence-corrected chi connectivity index (χ2v) is 9.10. The highest BCUT2D eigenvalue weighted by Gasteiger charge is 2.31. The van der Waals surface area contributed by atoms with E-state index in [2.05, 4.69) is 25.4 Å². The molecule has 34 heavy (non-hydrogen) atoms. The maximum atomic E-state index is 12.7. The number of nitrogens with zero attached hydrogens (tertiary/aromatic N) is 5. The molecule has 3 aromatic rings. The molecule has 2 aromatic heterocycles. The summed E-state index contributed by atoms with van der Waals surface area (Å²) < 4.78 is 18.5. The van der Waals surface area contributed by atoms with Crippen LogP contribution in [0.25, 0.3) is 11.0 Å². The molecular formula is C24H28N6O4. The number of likely N-dealkylation sites (tertiary alicyclic amines) is 1. The average molecular weight is 465 g/mol. The molecule has 0 saturated carbocycles. The van der Waals surface area contributed by atoms with Crippen LogP contribution in [0.4, 0.5) is 0 Å². The van der Waals surface area contributed by atoms with E-state index in [0.29, 0.717) is 37.4 Å². The van der Waals surface area contributed by atoms with Gasteiger partial charge in [-0.25, -0.2) is 4.98 Å². The quantitative estimate of drug-likeness (QED) is 0.578. The molecule has 10 nitrogen and oxygen atoms in total. The summed E-state index contributed by atoms with van der Waals surface area (Å²) in [6.07, 6.45) is 4.32. The maximum Gasteiger partial charge on any atom is 0.276 e. The number of hydrogen-bond donors (Lipinski definition) is 1. The molecule has 0 bridgehead atoms. The fraction of sp³-hybridized carbons (Fsp3) is 0.500. The van der Waals surface area contributed by atoms with Crippen molar-refractivity contribution in [2.75, 3.05) is 40.0 Å². The Morgan fingerprint density at radius 2 is 2.03 bits per heavy atom. The first-order chi connectivity index (χ1) is 16.7. The third-order valence-corrected chi connectivity index (χ3v) is 7.02. The van der Waals surface area contributed by atoms with Gasteiger partial charge in [0.1, 0.15) is 19.0 Å². The van der Waals surface area contributed by atoms with Crippen molar-refractivity contribution in [2.45, 2.75) is 37.9 Å². The second kappa shape index (κ2) is 8.84. The number of benzene rings is 1. The van der Waals surface area contributed by atoms with Crippen LogP contribution >= 0.6 is 0 Å². The monoisotopic (exact) mass is 464 g/mol. The molecule has 1 aromatic carbocycles. The molecule has 3 aliphatic heterocycles. The van der Waals surface area contributed by atoms with Crippen molar-refractivity contribution >= 4 is 11.0 Å². The zero-order valence-corrected chi connectivity index (χ0v) is 19.2. The standard InChI is InChI=1S/C24H28N6O4/c1-32-20-3-2-19-23-18(20)11-17(30(23)22(31)13-26-19)14-29-6-4-15(5-7-29)25-12-16-10-21-24(28-27-16)34-9-8-33-21/h2-3,10,13,15,17,25H,4-9,11-12,14H2,1H3/t17-/m1/s1. The van der Waals surface area contributed by atoms with Gasteiger partial charge in [0.2, 0.25) is 0 Å². The Kier molecular flexibility index (Phi) is 5.54. The second-order valence-electron chi connectivity index (χ2n) is 9.10. The highest BCUT2D eigenvalue weighted by atomic mass is 16.6. The summed E-state index contributed by atoms with van der Waals surface area (Å²) in [5, 5.41) is 12.0. The van der Waals surface area contributed by atoms with Gasteiger partial charge in [-0.05, 0) is 38.1 Å². The zero-order chi connectivity index (χ0) is 23.1. The van der Waals surface area contributed by atoms with Crippen molar-refractivity contribution in [2.24, 2.45) is 0 Å². The van der Waals surface area contributed by atoms with Crippen molar-refractivity contribution in [3.8, 4) is 17.4 Å². The smallest absolute Gasteiger partial charge is 0.276 e. The molecule has 1 atom stereocenters. The third-order valence-electron chi connectivity index (χ3n) is 7.02. The predicted octanol–water partition coefficient (Wildman–Crippen LogP) is 1.32.